The molecule has 1 amide bonds. The number of rotatable bonds is 1. The van der Waals surface area contributed by atoms with Crippen molar-refractivity contribution < 1.29 is 9.53 Å². The number of nitrogens with one attached hydrogen (secondary N) is 1. The molecule has 0 aromatic carbocycles. The minimum atomic E-state index is -0.135. The summed E-state index contributed by atoms with van der Waals surface area (Å²) >= 11 is 0. The maximum absolute atomic E-state index is 12.9. The number of aryl methyl sites for hydroxylation is 1. The molecule has 0 radical (unpaired) electrons. The van der Waals surface area contributed by atoms with E-state index in [1.165, 1.54) is 17.7 Å². The average molecular weight is 315 g/mol. The van der Waals surface area contributed by atoms with Crippen LogP contribution in [0.15, 0.2) is 11.6 Å². The highest BCUT2D eigenvalue weighted by Gasteiger charge is 2.37. The Bertz CT molecular complexity index is 639. The van der Waals surface area contributed by atoms with E-state index in [9.17, 15) is 4.79 Å². The minimum absolute atomic E-state index is 0.0933. The van der Waals surface area contributed by atoms with Gasteiger partial charge in [-0.15, -0.1) is 0 Å². The van der Waals surface area contributed by atoms with Crippen molar-refractivity contribution in [1.29, 1.82) is 0 Å². The number of piperidine rings is 1. The predicted molar refractivity (Wildman–Crippen MR) is 87.4 cm³/mol. The Morgan fingerprint density at radius 2 is 2.04 bits per heavy atom. The third-order valence-corrected chi connectivity index (χ3v) is 5.55. The van der Waals surface area contributed by atoms with Gasteiger partial charge in [-0.05, 0) is 51.9 Å². The molecule has 1 aromatic heterocycles. The van der Waals surface area contributed by atoms with Crippen LogP contribution in [0.4, 0.5) is 0 Å². The van der Waals surface area contributed by atoms with Crippen LogP contribution >= 0.6 is 0 Å². The number of amides is 1. The summed E-state index contributed by atoms with van der Waals surface area (Å²) in [5.41, 5.74) is 4.27. The number of ether oxygens (including phenoxy) is 1. The lowest BCUT2D eigenvalue weighted by Gasteiger charge is -2.42. The lowest BCUT2D eigenvalue weighted by molar-refractivity contribution is -0.0522. The van der Waals surface area contributed by atoms with Crippen molar-refractivity contribution in [2.24, 2.45) is 0 Å². The zero-order valence-corrected chi connectivity index (χ0v) is 13.9. The number of H-pyrrole nitrogens is 1. The zero-order chi connectivity index (χ0) is 15.9. The largest absolute Gasteiger partial charge is 0.370 e. The van der Waals surface area contributed by atoms with Crippen LogP contribution in [0.3, 0.4) is 0 Å². The Balaban J connectivity index is 1.47. The number of aromatic amines is 1. The summed E-state index contributed by atoms with van der Waals surface area (Å²) in [6.45, 7) is 4.50. The van der Waals surface area contributed by atoms with Crippen molar-refractivity contribution in [3.05, 3.63) is 28.6 Å². The Morgan fingerprint density at radius 3 is 2.83 bits per heavy atom. The highest BCUT2D eigenvalue weighted by atomic mass is 16.5. The molecule has 1 saturated heterocycles. The molecule has 124 valence electrons. The molecule has 1 N–H and O–H groups in total. The average Bonchev–Trinajstić information content (AvgIpc) is 2.99. The number of hydrogen-bond acceptors (Lipinski definition) is 3. The van der Waals surface area contributed by atoms with Crippen LogP contribution in [-0.2, 0) is 17.6 Å². The van der Waals surface area contributed by atoms with E-state index in [4.69, 9.17) is 4.74 Å². The lowest BCUT2D eigenvalue weighted by atomic mass is 9.86. The van der Waals surface area contributed by atoms with Gasteiger partial charge in [-0.2, -0.15) is 5.10 Å². The molecule has 1 aromatic rings. The SMILES string of the molecule is CC1=CC2(CCN(C(=O)c3n[nH]c4c3CCCC4)CC2)OCC1. The fourth-order valence-electron chi connectivity index (χ4n) is 4.16. The molecule has 5 nitrogen and oxygen atoms in total. The van der Waals surface area contributed by atoms with Gasteiger partial charge < -0.3 is 9.64 Å². The molecule has 0 bridgehead atoms. The number of carbonyl (C=O) groups excluding carboxylic acids is 1. The third-order valence-electron chi connectivity index (χ3n) is 5.55. The number of nitrogens with zero attached hydrogens (tertiary/aromatic N) is 2. The first-order chi connectivity index (χ1) is 11.2. The van der Waals surface area contributed by atoms with Crippen LogP contribution in [0, 0.1) is 0 Å². The van der Waals surface area contributed by atoms with E-state index in [2.05, 4.69) is 23.2 Å². The van der Waals surface area contributed by atoms with Crippen LogP contribution in [0.2, 0.25) is 0 Å². The van der Waals surface area contributed by atoms with E-state index in [0.717, 1.165) is 63.8 Å². The smallest absolute Gasteiger partial charge is 0.274 e. The molecule has 1 spiro atoms. The van der Waals surface area contributed by atoms with E-state index in [0.29, 0.717) is 5.69 Å². The maximum atomic E-state index is 12.9. The molecule has 3 aliphatic rings. The maximum Gasteiger partial charge on any atom is 0.274 e. The Labute approximate surface area is 137 Å². The summed E-state index contributed by atoms with van der Waals surface area (Å²) in [7, 11) is 0. The molecule has 1 aliphatic carbocycles. The first-order valence-electron chi connectivity index (χ1n) is 8.85. The van der Waals surface area contributed by atoms with Crippen molar-refractivity contribution in [3.63, 3.8) is 0 Å². The van der Waals surface area contributed by atoms with E-state index in [-0.39, 0.29) is 11.5 Å². The predicted octanol–water partition coefficient (Wildman–Crippen LogP) is 2.63. The topological polar surface area (TPSA) is 58.2 Å². The van der Waals surface area contributed by atoms with Crippen LogP contribution in [0.1, 0.15) is 60.8 Å². The molecular formula is C18H25N3O2. The standard InChI is InChI=1S/C18H25N3O2/c1-13-6-11-23-18(12-13)7-9-21(10-8-18)17(22)16-14-4-2-3-5-15(14)19-20-16/h12H,2-11H2,1H3,(H,19,20). The summed E-state index contributed by atoms with van der Waals surface area (Å²) in [5.74, 6) is 0.0933. The monoisotopic (exact) mass is 315 g/mol. The summed E-state index contributed by atoms with van der Waals surface area (Å²) in [5, 5.41) is 7.41. The first-order valence-corrected chi connectivity index (χ1v) is 8.85. The summed E-state index contributed by atoms with van der Waals surface area (Å²) < 4.78 is 6.05. The fourth-order valence-corrected chi connectivity index (χ4v) is 4.16. The van der Waals surface area contributed by atoms with Crippen LogP contribution < -0.4 is 0 Å². The first kappa shape index (κ1) is 14.9. The Kier molecular flexibility index (Phi) is 3.76. The number of hydrogen-bond donors (Lipinski definition) is 1. The number of likely N-dealkylation sites (tertiary alicyclic amines) is 1. The number of fused-ring (bicyclic) bond motifs is 1. The van der Waals surface area contributed by atoms with Crippen molar-refractivity contribution in [3.8, 4) is 0 Å². The van der Waals surface area contributed by atoms with Gasteiger partial charge in [-0.25, -0.2) is 0 Å². The minimum Gasteiger partial charge on any atom is -0.370 e. The molecule has 23 heavy (non-hydrogen) atoms. The Morgan fingerprint density at radius 1 is 1.26 bits per heavy atom. The van der Waals surface area contributed by atoms with E-state index < -0.39 is 0 Å². The molecule has 2 aliphatic heterocycles. The molecule has 3 heterocycles. The molecule has 0 unspecified atom stereocenters. The highest BCUT2D eigenvalue weighted by molar-refractivity contribution is 5.94. The van der Waals surface area contributed by atoms with Crippen LogP contribution in [0.25, 0.3) is 0 Å². The molecular weight excluding hydrogens is 290 g/mol. The van der Waals surface area contributed by atoms with Gasteiger partial charge in [0.05, 0.1) is 12.2 Å². The number of aromatic nitrogens is 2. The van der Waals surface area contributed by atoms with Gasteiger partial charge in [-0.3, -0.25) is 9.89 Å². The molecule has 0 saturated carbocycles. The van der Waals surface area contributed by atoms with Crippen molar-refractivity contribution in [2.45, 2.75) is 57.5 Å². The summed E-state index contributed by atoms with van der Waals surface area (Å²) in [4.78, 5) is 14.8. The Hall–Kier alpha value is -1.62. The second kappa shape index (κ2) is 5.78. The third kappa shape index (κ3) is 2.71. The van der Waals surface area contributed by atoms with Gasteiger partial charge in [0.25, 0.3) is 5.91 Å². The molecule has 0 atom stereocenters. The van der Waals surface area contributed by atoms with E-state index in [1.807, 2.05) is 4.90 Å². The van der Waals surface area contributed by atoms with Crippen LogP contribution in [-0.4, -0.2) is 46.3 Å². The highest BCUT2D eigenvalue weighted by Crippen LogP contribution is 2.33. The van der Waals surface area contributed by atoms with Gasteiger partial charge in [0.2, 0.25) is 0 Å². The van der Waals surface area contributed by atoms with Gasteiger partial charge in [-0.1, -0.05) is 11.6 Å². The molecule has 5 heteroatoms. The van der Waals surface area contributed by atoms with Crippen molar-refractivity contribution in [2.75, 3.05) is 19.7 Å². The molecule has 1 fully saturated rings. The lowest BCUT2D eigenvalue weighted by Crippen LogP contribution is -2.48. The van der Waals surface area contributed by atoms with Gasteiger partial charge in [0, 0.05) is 24.3 Å². The fraction of sp³-hybridized carbons (Fsp3) is 0.667. The van der Waals surface area contributed by atoms with Crippen molar-refractivity contribution in [1.82, 2.24) is 15.1 Å². The van der Waals surface area contributed by atoms with Crippen LogP contribution in [0.5, 0.6) is 0 Å². The second-order valence-corrected chi connectivity index (χ2v) is 7.18. The van der Waals surface area contributed by atoms with Gasteiger partial charge in [0.15, 0.2) is 5.69 Å². The number of carbonyl (C=O) groups is 1. The molecule has 4 rings (SSSR count). The zero-order valence-electron chi connectivity index (χ0n) is 13.9. The summed E-state index contributed by atoms with van der Waals surface area (Å²) in [6.07, 6.45) is 9.46. The van der Waals surface area contributed by atoms with Gasteiger partial charge >= 0.3 is 0 Å². The van der Waals surface area contributed by atoms with E-state index in [1.54, 1.807) is 0 Å². The second-order valence-electron chi connectivity index (χ2n) is 7.18. The quantitative estimate of drug-likeness (QED) is 0.811. The normalized spacial score (nSPS) is 23.5. The van der Waals surface area contributed by atoms with E-state index >= 15 is 0 Å². The summed E-state index contributed by atoms with van der Waals surface area (Å²) in [6, 6.07) is 0. The van der Waals surface area contributed by atoms with Gasteiger partial charge in [0.1, 0.15) is 0 Å². The van der Waals surface area contributed by atoms with Crippen molar-refractivity contribution >= 4 is 5.91 Å².